The molecule has 4 atom stereocenters. The van der Waals surface area contributed by atoms with Crippen LogP contribution < -0.4 is 0 Å². The van der Waals surface area contributed by atoms with Gasteiger partial charge in [-0.25, -0.2) is 8.88 Å². The Hall–Kier alpha value is 2.08. The monoisotopic (exact) mass is 540 g/mol. The molecule has 0 rings (SSSR count). The quantitative estimate of drug-likeness (QED) is 0.319. The van der Waals surface area contributed by atoms with E-state index in [1.165, 1.54) is 7.11 Å². The number of hydrogen-bond donors (Lipinski definition) is 1. The smallest absolute Gasteiger partial charge is 0.389 e. The van der Waals surface area contributed by atoms with Gasteiger partial charge in [-0.3, -0.25) is 13.6 Å². The summed E-state index contributed by atoms with van der Waals surface area (Å²) in [5.41, 5.74) is -0.912. The van der Waals surface area contributed by atoms with Gasteiger partial charge in [-0.2, -0.15) is 0 Å². The zero-order chi connectivity index (χ0) is 18.7. The molecule has 13 heteroatoms. The number of rotatable bonds is 10. The van der Waals surface area contributed by atoms with Gasteiger partial charge >= 0.3 is 15.4 Å². The summed E-state index contributed by atoms with van der Waals surface area (Å²) < 4.78 is 43.2. The van der Waals surface area contributed by atoms with E-state index in [2.05, 4.69) is 59.4 Å². The van der Waals surface area contributed by atoms with Crippen LogP contribution in [0, 0.1) is 0 Å². The van der Waals surface area contributed by atoms with Crippen LogP contribution in [0.1, 0.15) is 19.8 Å². The zero-order valence-corrected chi connectivity index (χ0v) is 20.9. The molecule has 0 fully saturated rings. The molecule has 0 aromatic carbocycles. The number of halogens is 2. The molecule has 0 aromatic rings. The molecule has 0 aliphatic heterocycles. The molecular formula is C10H26Br2O7P4. The topological polar surface area (TPSA) is 91.3 Å². The minimum Gasteiger partial charge on any atom is -0.389 e. The highest BCUT2D eigenvalue weighted by Gasteiger charge is 2.36. The second kappa shape index (κ2) is 13.3. The van der Waals surface area contributed by atoms with Crippen LogP contribution in [-0.2, 0) is 27.0 Å². The molecular weight excluding hydrogens is 516 g/mol. The Morgan fingerprint density at radius 2 is 1.61 bits per heavy atom. The van der Waals surface area contributed by atoms with Gasteiger partial charge in [0.2, 0.25) is 0 Å². The van der Waals surface area contributed by atoms with Crippen LogP contribution in [-0.4, -0.2) is 47.8 Å². The molecule has 0 aliphatic carbocycles. The zero-order valence-electron chi connectivity index (χ0n) is 13.6. The number of phosphoric ester groups is 1. The first-order valence-electron chi connectivity index (χ1n) is 6.40. The lowest BCUT2D eigenvalue weighted by Crippen LogP contribution is -2.26. The fraction of sp³-hybridized carbons (Fsp3) is 1.00. The summed E-state index contributed by atoms with van der Waals surface area (Å²) >= 11 is 6.37. The van der Waals surface area contributed by atoms with E-state index < -0.39 is 21.0 Å². The highest BCUT2D eigenvalue weighted by molar-refractivity contribution is 9.11. The van der Waals surface area contributed by atoms with Crippen molar-refractivity contribution in [2.24, 2.45) is 0 Å². The van der Waals surface area contributed by atoms with Crippen molar-refractivity contribution in [1.29, 1.82) is 0 Å². The van der Waals surface area contributed by atoms with Crippen LogP contribution in [0.3, 0.4) is 0 Å². The Bertz CT molecular complexity index is 398. The molecule has 0 amide bonds. The van der Waals surface area contributed by atoms with E-state index in [-0.39, 0.29) is 6.16 Å². The van der Waals surface area contributed by atoms with E-state index in [9.17, 15) is 14.2 Å². The van der Waals surface area contributed by atoms with E-state index in [1.54, 1.807) is 6.92 Å². The second-order valence-electron chi connectivity index (χ2n) is 4.59. The van der Waals surface area contributed by atoms with Crippen LogP contribution >= 0.6 is 65.8 Å². The predicted molar refractivity (Wildman–Crippen MR) is 108 cm³/mol. The van der Waals surface area contributed by atoms with Crippen LogP contribution in [0.15, 0.2) is 0 Å². The predicted octanol–water partition coefficient (Wildman–Crippen LogP) is 4.58. The van der Waals surface area contributed by atoms with E-state index in [4.69, 9.17) is 8.83 Å². The lowest BCUT2D eigenvalue weighted by atomic mass is 10.0. The summed E-state index contributed by atoms with van der Waals surface area (Å²) in [6.45, 7) is 1.65. The first-order chi connectivity index (χ1) is 10.4. The summed E-state index contributed by atoms with van der Waals surface area (Å²) in [4.78, 5) is 0. The van der Waals surface area contributed by atoms with Crippen molar-refractivity contribution in [3.63, 3.8) is 0 Å². The molecule has 4 unspecified atom stereocenters. The van der Waals surface area contributed by atoms with Crippen molar-refractivity contribution < 1.29 is 32.1 Å². The first-order valence-corrected chi connectivity index (χ1v) is 13.0. The van der Waals surface area contributed by atoms with Crippen molar-refractivity contribution in [3.8, 4) is 0 Å². The average Bonchev–Trinajstić information content (AvgIpc) is 2.46. The fourth-order valence-electron chi connectivity index (χ4n) is 1.18. The third-order valence-electron chi connectivity index (χ3n) is 2.39. The van der Waals surface area contributed by atoms with Gasteiger partial charge in [-0.1, -0.05) is 31.9 Å². The molecule has 0 saturated carbocycles. The molecule has 23 heavy (non-hydrogen) atoms. The van der Waals surface area contributed by atoms with Crippen molar-refractivity contribution in [2.75, 3.05) is 32.8 Å². The van der Waals surface area contributed by atoms with E-state index in [0.29, 0.717) is 22.5 Å². The van der Waals surface area contributed by atoms with Gasteiger partial charge in [0.05, 0.1) is 11.8 Å². The molecule has 0 aliphatic rings. The Morgan fingerprint density at radius 3 is 1.91 bits per heavy atom. The molecule has 0 bridgehead atoms. The van der Waals surface area contributed by atoms with Crippen LogP contribution in [0.5, 0.6) is 0 Å². The molecule has 0 radical (unpaired) electrons. The summed E-state index contributed by atoms with van der Waals surface area (Å²) in [5.74, 6) is 0. The fourth-order valence-corrected chi connectivity index (χ4v) is 4.68. The standard InChI is InChI=1S/C9H21BrO7P2.CH5BrP2/c1-9(11,8-10)6-5-7-18(12,14-2)17-19(13,15-3)16-4;2-1(3)4/h11H,5-8H2,1-4H3;1H,3-4H2. The van der Waals surface area contributed by atoms with Gasteiger partial charge in [0.15, 0.2) is 0 Å². The number of aliphatic hydroxyl groups is 1. The molecule has 1 N–H and O–H groups in total. The van der Waals surface area contributed by atoms with Crippen LogP contribution in [0.2, 0.25) is 0 Å². The SMILES string of the molecule is COP(=O)(CCCC(C)(O)CBr)OP(=O)(OC)OC.PC(P)Br. The summed E-state index contributed by atoms with van der Waals surface area (Å²) in [7, 11) is 1.06. The molecule has 7 nitrogen and oxygen atoms in total. The maximum atomic E-state index is 12.2. The van der Waals surface area contributed by atoms with Gasteiger partial charge < -0.3 is 9.63 Å². The lowest BCUT2D eigenvalue weighted by molar-refractivity contribution is 0.0764. The number of alkyl halides is 2. The van der Waals surface area contributed by atoms with Crippen molar-refractivity contribution in [2.45, 2.75) is 29.7 Å². The van der Waals surface area contributed by atoms with E-state index in [0.717, 1.165) is 14.2 Å². The number of phosphoric acid groups is 1. The Labute approximate surface area is 160 Å². The Morgan fingerprint density at radius 1 is 1.17 bits per heavy atom. The minimum absolute atomic E-state index is 0.00333. The highest BCUT2D eigenvalue weighted by Crippen LogP contribution is 2.64. The molecule has 0 spiro atoms. The lowest BCUT2D eigenvalue weighted by Gasteiger charge is -2.23. The van der Waals surface area contributed by atoms with Gasteiger partial charge in [0.1, 0.15) is 0 Å². The van der Waals surface area contributed by atoms with E-state index >= 15 is 0 Å². The Kier molecular flexibility index (Phi) is 15.8. The third-order valence-corrected chi connectivity index (χ3v) is 7.70. The van der Waals surface area contributed by atoms with Crippen molar-refractivity contribution in [1.82, 2.24) is 0 Å². The normalized spacial score (nSPS) is 17.1. The van der Waals surface area contributed by atoms with Gasteiger partial charge in [-0.15, -0.1) is 18.5 Å². The Balaban J connectivity index is 0. The third kappa shape index (κ3) is 14.9. The van der Waals surface area contributed by atoms with Crippen LogP contribution in [0.25, 0.3) is 0 Å². The molecule has 0 heterocycles. The van der Waals surface area contributed by atoms with Crippen LogP contribution in [0.4, 0.5) is 0 Å². The summed E-state index contributed by atoms with van der Waals surface area (Å²) in [6, 6.07) is 0. The van der Waals surface area contributed by atoms with Gasteiger partial charge in [0.25, 0.3) is 0 Å². The average molecular weight is 542 g/mol. The van der Waals surface area contributed by atoms with E-state index in [1.807, 2.05) is 0 Å². The summed E-state index contributed by atoms with van der Waals surface area (Å²) in [5, 5.41) is 10.2. The number of hydrogen-bond acceptors (Lipinski definition) is 7. The molecule has 0 saturated heterocycles. The van der Waals surface area contributed by atoms with Gasteiger partial charge in [0, 0.05) is 31.0 Å². The maximum absolute atomic E-state index is 12.2. The molecule has 142 valence electrons. The largest absolute Gasteiger partial charge is 0.481 e. The highest BCUT2D eigenvalue weighted by atomic mass is 79.9. The minimum atomic E-state index is -3.87. The van der Waals surface area contributed by atoms with Crippen molar-refractivity contribution in [3.05, 3.63) is 0 Å². The van der Waals surface area contributed by atoms with Crippen molar-refractivity contribution >= 4 is 65.8 Å². The summed E-state index contributed by atoms with van der Waals surface area (Å²) in [6.07, 6.45) is 0.764. The van der Waals surface area contributed by atoms with Gasteiger partial charge in [-0.05, 0) is 19.8 Å². The first kappa shape index (κ1) is 27.3. The molecule has 0 aromatic heterocycles. The maximum Gasteiger partial charge on any atom is 0.481 e. The second-order valence-corrected chi connectivity index (χ2v) is 14.7.